The summed E-state index contributed by atoms with van der Waals surface area (Å²) in [5, 5.41) is 5.41. The molecule has 0 bridgehead atoms. The number of nitrogens with one attached hydrogen (secondary N) is 3. The molecule has 14 rings (SSSR count). The Kier molecular flexibility index (Phi) is 21.8. The Balaban J connectivity index is 0.000000142. The van der Waals surface area contributed by atoms with Crippen molar-refractivity contribution in [2.75, 3.05) is 6.61 Å². The minimum absolute atomic E-state index is 0.0842. The van der Waals surface area contributed by atoms with E-state index in [1.54, 1.807) is 33.9 Å². The molecule has 0 radical (unpaired) electrons. The molecule has 1 aliphatic carbocycles. The van der Waals surface area contributed by atoms with Gasteiger partial charge < -0.3 is 24.4 Å². The first-order valence-corrected chi connectivity index (χ1v) is 34.1. The molecular formula is C84H110N8O3. The molecule has 0 fully saturated rings. The molecule has 11 nitrogen and oxygen atoms in total. The molecule has 3 N–H and O–H groups in total. The zero-order valence-electron chi connectivity index (χ0n) is 62.0. The number of hydrogen-bond donors (Lipinski definition) is 3. The standard InChI is InChI=1S/C13H18N2.C13H17N.C13H18.C12H14O2.C12H16O.C11H14N2.C10H13N3/c1-8-6-10-11(7-9(8)2)15-12(14-10)13(3,4)5;1-9-7-10-8-11(13(2,3)4)5-6-12(10)14-9;1-13(2,3)12-9-5-7-10-6-4-8-11(10)12;1-12(2,3)9-5-4-8-6-11(13)14-10(8)7-9;1-12(2,3)10-4-5-11-9(8-10)6-7-13-11;1-11(2,3)8-4-5-9-10(6-8)13-7-12-9;1-10(2,3)8-5-4-6-13-9(8)11-7-12-13/h6-7H,1-5H3,(H,14,15);5-8,14H,1-4H3;5,7,9H,4,6,8H2,1-3H3;4-5,7H,6H2,1-3H3;4-5,8H,6-7H2,1-3H3;4-7H,1-3H3,(H,12,13);4-7H,1-3H3. The zero-order chi connectivity index (χ0) is 69.8. The largest absolute Gasteiger partial charge is 0.493 e. The normalized spacial score (nSPS) is 13.6. The van der Waals surface area contributed by atoms with Crippen molar-refractivity contribution < 1.29 is 14.3 Å². The number of pyridine rings is 1. The molecule has 7 heterocycles. The second-order valence-electron chi connectivity index (χ2n) is 33.3. The van der Waals surface area contributed by atoms with Crippen LogP contribution in [-0.2, 0) is 68.4 Å². The van der Waals surface area contributed by atoms with Crippen molar-refractivity contribution in [3.63, 3.8) is 0 Å². The van der Waals surface area contributed by atoms with Crippen LogP contribution in [0.15, 0.2) is 140 Å². The first-order valence-electron chi connectivity index (χ1n) is 34.1. The van der Waals surface area contributed by atoms with E-state index in [1.807, 2.05) is 24.4 Å². The number of benzene rings is 6. The molecule has 11 heteroatoms. The minimum atomic E-state index is -0.147. The fourth-order valence-corrected chi connectivity index (χ4v) is 11.8. The first-order chi connectivity index (χ1) is 44.1. The van der Waals surface area contributed by atoms with Crippen molar-refractivity contribution in [2.45, 2.75) is 236 Å². The molecule has 0 amide bonds. The average molecular weight is 1280 g/mol. The number of aromatic nitrogens is 8. The predicted molar refractivity (Wildman–Crippen MR) is 398 cm³/mol. The van der Waals surface area contributed by atoms with E-state index in [4.69, 9.17) is 9.47 Å². The third-order valence-corrected chi connectivity index (χ3v) is 17.8. The molecule has 0 atom stereocenters. The van der Waals surface area contributed by atoms with Gasteiger partial charge in [0.2, 0.25) is 0 Å². The number of H-pyrrole nitrogens is 3. The lowest BCUT2D eigenvalue weighted by atomic mass is 9.83. The Morgan fingerprint density at radius 3 is 1.75 bits per heavy atom. The third-order valence-electron chi connectivity index (χ3n) is 17.8. The maximum absolute atomic E-state index is 11.0. The molecule has 2 aliphatic heterocycles. The van der Waals surface area contributed by atoms with Crippen molar-refractivity contribution in [1.82, 2.24) is 39.5 Å². The number of aromatic amines is 3. The summed E-state index contributed by atoms with van der Waals surface area (Å²) >= 11 is 0. The number of ether oxygens (including phenoxy) is 2. The van der Waals surface area contributed by atoms with Crippen molar-refractivity contribution in [1.29, 1.82) is 0 Å². The van der Waals surface area contributed by atoms with E-state index >= 15 is 0 Å². The molecule has 0 saturated carbocycles. The Bertz CT molecular complexity index is 4380. The van der Waals surface area contributed by atoms with Crippen LogP contribution in [0.3, 0.4) is 0 Å². The van der Waals surface area contributed by atoms with Crippen molar-refractivity contribution in [3.8, 4) is 11.5 Å². The molecule has 5 aromatic heterocycles. The number of rotatable bonds is 0. The van der Waals surface area contributed by atoms with E-state index < -0.39 is 0 Å². The third kappa shape index (κ3) is 19.0. The van der Waals surface area contributed by atoms with Crippen LogP contribution in [0, 0.1) is 20.8 Å². The molecule has 3 aliphatic rings. The number of nitrogens with zero attached hydrogens (tertiary/aromatic N) is 5. The van der Waals surface area contributed by atoms with Crippen LogP contribution in [0.1, 0.15) is 230 Å². The summed E-state index contributed by atoms with van der Waals surface area (Å²) in [6.45, 7) is 53.7. The van der Waals surface area contributed by atoms with E-state index in [0.717, 1.165) is 63.6 Å². The van der Waals surface area contributed by atoms with E-state index in [1.165, 1.54) is 80.4 Å². The molecule has 504 valence electrons. The number of imidazole rings is 2. The molecule has 95 heavy (non-hydrogen) atoms. The van der Waals surface area contributed by atoms with Crippen LogP contribution in [0.5, 0.6) is 11.5 Å². The SMILES string of the molecule is CC(C)(C)c1ccc2c(c1)CCO2.CC(C)(C)c1ccc2c(c1)OC(=O)C2.CC(C)(C)c1ccc2nc[nH]c2c1.CC(C)(C)c1cccc2c1CCC2.CC(C)(C)c1cccn2ncnc12.Cc1cc2cc(C(C)(C)C)ccc2[nH]1.Cc1cc2nc(C(C)(C)C)[nH]c2cc1C. The highest BCUT2D eigenvalue weighted by atomic mass is 16.5. The highest BCUT2D eigenvalue weighted by Gasteiger charge is 2.26. The predicted octanol–water partition coefficient (Wildman–Crippen LogP) is 21.0. The summed E-state index contributed by atoms with van der Waals surface area (Å²) in [5.74, 6) is 2.73. The van der Waals surface area contributed by atoms with Gasteiger partial charge in [0.15, 0.2) is 5.65 Å². The maximum Gasteiger partial charge on any atom is 0.315 e. The fourth-order valence-electron chi connectivity index (χ4n) is 11.8. The van der Waals surface area contributed by atoms with Gasteiger partial charge in [0.25, 0.3) is 0 Å². The monoisotopic (exact) mass is 1280 g/mol. The summed E-state index contributed by atoms with van der Waals surface area (Å²) < 4.78 is 12.4. The van der Waals surface area contributed by atoms with E-state index in [2.05, 4.69) is 304 Å². The molecule has 0 spiro atoms. The van der Waals surface area contributed by atoms with E-state index in [0.29, 0.717) is 11.8 Å². The van der Waals surface area contributed by atoms with Gasteiger partial charge in [-0.25, -0.2) is 19.5 Å². The molecule has 11 aromatic rings. The Morgan fingerprint density at radius 1 is 0.474 bits per heavy atom. The van der Waals surface area contributed by atoms with Crippen LogP contribution in [0.25, 0.3) is 38.6 Å². The second-order valence-corrected chi connectivity index (χ2v) is 33.3. The number of fused-ring (bicyclic) bond motifs is 7. The summed E-state index contributed by atoms with van der Waals surface area (Å²) in [6.07, 6.45) is 10.7. The van der Waals surface area contributed by atoms with Crippen molar-refractivity contribution in [2.24, 2.45) is 0 Å². The summed E-state index contributed by atoms with van der Waals surface area (Å²) in [6, 6.07) is 43.0. The average Bonchev–Trinajstić information content (AvgIpc) is 1.82. The first kappa shape index (κ1) is 72.5. The summed E-state index contributed by atoms with van der Waals surface area (Å²) in [7, 11) is 0. The Labute approximate surface area is 568 Å². The van der Waals surface area contributed by atoms with Gasteiger partial charge in [0.05, 0.1) is 41.4 Å². The van der Waals surface area contributed by atoms with Gasteiger partial charge in [-0.15, -0.1) is 0 Å². The molecule has 0 saturated heterocycles. The van der Waals surface area contributed by atoms with Crippen molar-refractivity contribution >= 4 is 44.6 Å². The number of esters is 1. The zero-order valence-corrected chi connectivity index (χ0v) is 62.0. The lowest BCUT2D eigenvalue weighted by Crippen LogP contribution is -2.13. The van der Waals surface area contributed by atoms with Crippen molar-refractivity contribution in [3.05, 3.63) is 218 Å². The molecule has 0 unspecified atom stereocenters. The van der Waals surface area contributed by atoms with Crippen LogP contribution in [-0.4, -0.2) is 52.1 Å². The fraction of sp³-hybridized carbons (Fsp3) is 0.440. The number of carbonyl (C=O) groups is 1. The molecule has 6 aromatic carbocycles. The van der Waals surface area contributed by atoms with Crippen LogP contribution < -0.4 is 9.47 Å². The minimum Gasteiger partial charge on any atom is -0.493 e. The highest BCUT2D eigenvalue weighted by molar-refractivity contribution is 5.82. The summed E-state index contributed by atoms with van der Waals surface area (Å²) in [5.41, 5.74) is 25.4. The second kappa shape index (κ2) is 28.6. The number of hydrogen-bond acceptors (Lipinski definition) is 7. The van der Waals surface area contributed by atoms with Crippen LogP contribution in [0.4, 0.5) is 0 Å². The van der Waals surface area contributed by atoms with Gasteiger partial charge in [-0.3, -0.25) is 4.79 Å². The molecular weight excluding hydrogens is 1170 g/mol. The van der Waals surface area contributed by atoms with Gasteiger partial charge in [0.1, 0.15) is 23.7 Å². The number of carbonyl (C=O) groups excluding carboxylic acids is 1. The maximum atomic E-state index is 11.0. The van der Waals surface area contributed by atoms with E-state index in [9.17, 15) is 4.79 Å². The van der Waals surface area contributed by atoms with Gasteiger partial charge in [0, 0.05) is 40.4 Å². The Morgan fingerprint density at radius 2 is 1.08 bits per heavy atom. The van der Waals surface area contributed by atoms with Gasteiger partial charge in [-0.1, -0.05) is 206 Å². The quantitative estimate of drug-likeness (QED) is 0.101. The van der Waals surface area contributed by atoms with Gasteiger partial charge in [-0.05, 0) is 194 Å². The summed E-state index contributed by atoms with van der Waals surface area (Å²) in [4.78, 5) is 33.9. The van der Waals surface area contributed by atoms with Gasteiger partial charge >= 0.3 is 5.97 Å². The highest BCUT2D eigenvalue weighted by Crippen LogP contribution is 2.36. The van der Waals surface area contributed by atoms with Crippen LogP contribution >= 0.6 is 0 Å². The van der Waals surface area contributed by atoms with Gasteiger partial charge in [-0.2, -0.15) is 5.10 Å². The number of aryl methyl sites for hydroxylation is 4. The lowest BCUT2D eigenvalue weighted by molar-refractivity contribution is -0.131. The Hall–Kier alpha value is -8.31. The topological polar surface area (TPSA) is 139 Å². The van der Waals surface area contributed by atoms with E-state index in [-0.39, 0.29) is 38.5 Å². The van der Waals surface area contributed by atoms with Crippen LogP contribution in [0.2, 0.25) is 0 Å². The smallest absolute Gasteiger partial charge is 0.315 e. The lowest BCUT2D eigenvalue weighted by Gasteiger charge is -2.22.